The van der Waals surface area contributed by atoms with E-state index in [-0.39, 0.29) is 22.3 Å². The van der Waals surface area contributed by atoms with Crippen molar-refractivity contribution in [2.45, 2.75) is 69.7 Å². The topological polar surface area (TPSA) is 56.5 Å². The van der Waals surface area contributed by atoms with Crippen molar-refractivity contribution >= 4 is 32.9 Å². The summed E-state index contributed by atoms with van der Waals surface area (Å²) >= 11 is 4.01. The van der Waals surface area contributed by atoms with Gasteiger partial charge in [-0.05, 0) is 80.8 Å². The van der Waals surface area contributed by atoms with Gasteiger partial charge in [0.05, 0.1) is 6.42 Å². The van der Waals surface area contributed by atoms with Crippen molar-refractivity contribution in [3.8, 4) is 0 Å². The summed E-state index contributed by atoms with van der Waals surface area (Å²) in [6.45, 7) is 4.05. The van der Waals surface area contributed by atoms with Gasteiger partial charge in [0, 0.05) is 21.3 Å². The molecule has 1 aromatic carbocycles. The molecule has 4 aliphatic carbocycles. The lowest BCUT2D eigenvalue weighted by Crippen LogP contribution is -2.53. The molecule has 4 aliphatic rings. The molecule has 0 amide bonds. The van der Waals surface area contributed by atoms with E-state index in [1.807, 2.05) is 26.0 Å². The highest BCUT2D eigenvalue weighted by atomic mass is 79.9. The number of benzene rings is 1. The van der Waals surface area contributed by atoms with E-state index in [9.17, 15) is 9.59 Å². The maximum atomic E-state index is 12.8. The maximum Gasteiger partial charge on any atom is 0.336 e. The Morgan fingerprint density at radius 2 is 1.93 bits per heavy atom. The number of hydrogen-bond acceptors (Lipinski definition) is 4. The molecule has 4 fully saturated rings. The highest BCUT2D eigenvalue weighted by molar-refractivity contribution is 9.10. The van der Waals surface area contributed by atoms with Crippen LogP contribution in [0.3, 0.4) is 0 Å². The molecule has 29 heavy (non-hydrogen) atoms. The van der Waals surface area contributed by atoms with Crippen LogP contribution in [0.4, 0.5) is 0 Å². The lowest BCUT2D eigenvalue weighted by molar-refractivity contribution is -0.152. The number of rotatable bonds is 4. The molecular weight excluding hydrogens is 432 g/mol. The number of halogens is 1. The van der Waals surface area contributed by atoms with Crippen molar-refractivity contribution in [1.82, 2.24) is 0 Å². The largest absolute Gasteiger partial charge is 0.461 e. The van der Waals surface area contributed by atoms with Crippen molar-refractivity contribution in [2.75, 3.05) is 0 Å². The molecule has 0 unspecified atom stereocenters. The third-order valence-electron chi connectivity index (χ3n) is 7.54. The predicted octanol–water partition coefficient (Wildman–Crippen LogP) is 5.58. The van der Waals surface area contributed by atoms with Crippen LogP contribution >= 0.6 is 15.9 Å². The Labute approximate surface area is 179 Å². The first-order valence-electron chi connectivity index (χ1n) is 10.6. The highest BCUT2D eigenvalue weighted by Crippen LogP contribution is 2.65. The fraction of sp³-hybridized carbons (Fsp3) is 0.583. The highest BCUT2D eigenvalue weighted by Gasteiger charge is 2.57. The zero-order valence-electron chi connectivity index (χ0n) is 17.1. The normalized spacial score (nSPS) is 32.7. The van der Waals surface area contributed by atoms with Crippen molar-refractivity contribution in [3.05, 3.63) is 45.3 Å². The van der Waals surface area contributed by atoms with E-state index in [1.54, 1.807) is 0 Å². The Bertz CT molecular complexity index is 1040. The summed E-state index contributed by atoms with van der Waals surface area (Å²) < 4.78 is 11.4. The van der Waals surface area contributed by atoms with Crippen LogP contribution in [0.2, 0.25) is 0 Å². The molecule has 2 aromatic rings. The standard InChI is InChI=1S/C24H27BrO4/c1-14-3-4-19-18(6-20(26)29-22(19)15(14)2)12-28-21(27)11-23-7-16-5-17(8-23)10-24(25,9-16)13-23/h3-4,6,16-17H,5,7-13H2,1-2H3/t16-,17-,23?,24?/m1/s1. The fourth-order valence-corrected chi connectivity index (χ4v) is 8.21. The Morgan fingerprint density at radius 3 is 2.62 bits per heavy atom. The molecule has 4 nitrogen and oxygen atoms in total. The number of carbonyl (C=O) groups is 1. The van der Waals surface area contributed by atoms with E-state index < -0.39 is 5.63 Å². The Morgan fingerprint density at radius 1 is 1.21 bits per heavy atom. The fourth-order valence-electron chi connectivity index (χ4n) is 6.70. The summed E-state index contributed by atoms with van der Waals surface area (Å²) in [7, 11) is 0. The minimum Gasteiger partial charge on any atom is -0.461 e. The summed E-state index contributed by atoms with van der Waals surface area (Å²) in [4.78, 5) is 24.8. The van der Waals surface area contributed by atoms with Gasteiger partial charge < -0.3 is 9.15 Å². The third-order valence-corrected chi connectivity index (χ3v) is 8.46. The second-order valence-electron chi connectivity index (χ2n) is 9.92. The summed E-state index contributed by atoms with van der Waals surface area (Å²) in [6.07, 6.45) is 7.72. The Kier molecular flexibility index (Phi) is 4.47. The van der Waals surface area contributed by atoms with Crippen LogP contribution in [-0.4, -0.2) is 10.3 Å². The number of alkyl halides is 1. The van der Waals surface area contributed by atoms with E-state index in [0.29, 0.717) is 12.0 Å². The van der Waals surface area contributed by atoms with Crippen molar-refractivity contribution in [3.63, 3.8) is 0 Å². The van der Waals surface area contributed by atoms with E-state index in [2.05, 4.69) is 15.9 Å². The van der Waals surface area contributed by atoms with Crippen LogP contribution < -0.4 is 5.63 Å². The molecule has 6 rings (SSSR count). The van der Waals surface area contributed by atoms with Gasteiger partial charge in [-0.15, -0.1) is 0 Å². The predicted molar refractivity (Wildman–Crippen MR) is 115 cm³/mol. The van der Waals surface area contributed by atoms with Crippen LogP contribution in [0, 0.1) is 31.1 Å². The quantitative estimate of drug-likeness (QED) is 0.341. The van der Waals surface area contributed by atoms with Crippen LogP contribution in [-0.2, 0) is 16.1 Å². The lowest BCUT2D eigenvalue weighted by Gasteiger charge is -2.60. The van der Waals surface area contributed by atoms with Gasteiger partial charge >= 0.3 is 11.6 Å². The zero-order chi connectivity index (χ0) is 20.4. The SMILES string of the molecule is Cc1ccc2c(COC(=O)CC34C[C@H]5C[C@@H](CC(Br)(C5)C3)C4)cc(=O)oc2c1C. The van der Waals surface area contributed by atoms with E-state index in [0.717, 1.165) is 53.2 Å². The first-order chi connectivity index (χ1) is 13.7. The van der Waals surface area contributed by atoms with Gasteiger partial charge in [-0.2, -0.15) is 0 Å². The molecule has 4 bridgehead atoms. The van der Waals surface area contributed by atoms with Gasteiger partial charge in [0.2, 0.25) is 0 Å². The first kappa shape index (κ1) is 19.3. The third kappa shape index (κ3) is 3.45. The zero-order valence-corrected chi connectivity index (χ0v) is 18.6. The summed E-state index contributed by atoms with van der Waals surface area (Å²) in [5.74, 6) is 1.35. The van der Waals surface area contributed by atoms with Gasteiger partial charge in [-0.3, -0.25) is 4.79 Å². The van der Waals surface area contributed by atoms with Gasteiger partial charge in [0.1, 0.15) is 12.2 Å². The summed E-state index contributed by atoms with van der Waals surface area (Å²) in [5, 5.41) is 0.842. The second-order valence-corrected chi connectivity index (χ2v) is 11.6. The van der Waals surface area contributed by atoms with Crippen LogP contribution in [0.25, 0.3) is 11.0 Å². The molecule has 4 saturated carbocycles. The average molecular weight is 459 g/mol. The van der Waals surface area contributed by atoms with Crippen LogP contribution in [0.1, 0.15) is 61.6 Å². The molecule has 1 aromatic heterocycles. The molecule has 0 radical (unpaired) electrons. The molecule has 0 N–H and O–H groups in total. The smallest absolute Gasteiger partial charge is 0.336 e. The van der Waals surface area contributed by atoms with E-state index in [4.69, 9.17) is 9.15 Å². The van der Waals surface area contributed by atoms with Gasteiger partial charge in [0.15, 0.2) is 0 Å². The number of hydrogen-bond donors (Lipinski definition) is 0. The maximum absolute atomic E-state index is 12.8. The monoisotopic (exact) mass is 458 g/mol. The molecular formula is C24H27BrO4. The van der Waals surface area contributed by atoms with E-state index >= 15 is 0 Å². The van der Waals surface area contributed by atoms with Crippen molar-refractivity contribution in [2.24, 2.45) is 17.3 Å². The second kappa shape index (κ2) is 6.69. The molecule has 5 heteroatoms. The lowest BCUT2D eigenvalue weighted by atomic mass is 9.49. The number of aryl methyl sites for hydroxylation is 2. The Hall–Kier alpha value is -1.62. The molecule has 0 spiro atoms. The number of carbonyl (C=O) groups excluding carboxylic acids is 1. The molecule has 154 valence electrons. The van der Waals surface area contributed by atoms with E-state index in [1.165, 1.54) is 25.3 Å². The summed E-state index contributed by atoms with van der Waals surface area (Å²) in [5.41, 5.74) is 3.01. The van der Waals surface area contributed by atoms with Gasteiger partial charge in [-0.25, -0.2) is 4.79 Å². The summed E-state index contributed by atoms with van der Waals surface area (Å²) in [6, 6.07) is 5.40. The molecule has 0 aliphatic heterocycles. The number of esters is 1. The molecule has 0 saturated heterocycles. The van der Waals surface area contributed by atoms with Gasteiger partial charge in [0.25, 0.3) is 0 Å². The minimum atomic E-state index is -0.403. The molecule has 2 atom stereocenters. The number of fused-ring (bicyclic) bond motifs is 1. The Balaban J connectivity index is 1.33. The van der Waals surface area contributed by atoms with Gasteiger partial charge in [-0.1, -0.05) is 28.1 Å². The first-order valence-corrected chi connectivity index (χ1v) is 11.4. The van der Waals surface area contributed by atoms with Crippen molar-refractivity contribution in [1.29, 1.82) is 0 Å². The minimum absolute atomic E-state index is 0.0934. The van der Waals surface area contributed by atoms with Crippen LogP contribution in [0.5, 0.6) is 0 Å². The van der Waals surface area contributed by atoms with Crippen LogP contribution in [0.15, 0.2) is 27.4 Å². The number of ether oxygens (including phenoxy) is 1. The molecule has 1 heterocycles. The van der Waals surface area contributed by atoms with Crippen molar-refractivity contribution < 1.29 is 13.9 Å². The average Bonchev–Trinajstić information content (AvgIpc) is 2.60.